The highest BCUT2D eigenvalue weighted by atomic mass is 19.3. The molecule has 3 N–H and O–H groups in total. The van der Waals surface area contributed by atoms with Crippen LogP contribution in [0.4, 0.5) is 14.5 Å². The highest BCUT2D eigenvalue weighted by Gasteiger charge is 2.47. The maximum Gasteiger partial charge on any atom is 0.275 e. The van der Waals surface area contributed by atoms with Crippen molar-refractivity contribution in [3.8, 4) is 11.8 Å². The molecule has 1 unspecified atom stereocenters. The highest BCUT2D eigenvalue weighted by molar-refractivity contribution is 6.04. The first-order valence-electron chi connectivity index (χ1n) is 12.8. The van der Waals surface area contributed by atoms with Gasteiger partial charge in [0.1, 0.15) is 11.5 Å². The highest BCUT2D eigenvalue weighted by Crippen LogP contribution is 2.50. The molecule has 9 heteroatoms. The van der Waals surface area contributed by atoms with Gasteiger partial charge in [-0.25, -0.2) is 13.8 Å². The molecule has 1 saturated heterocycles. The number of aryl methyl sites for hydroxylation is 1. The first-order valence-corrected chi connectivity index (χ1v) is 12.8. The smallest absolute Gasteiger partial charge is 0.275 e. The Bertz CT molecular complexity index is 1490. The van der Waals surface area contributed by atoms with Gasteiger partial charge < -0.3 is 20.6 Å². The van der Waals surface area contributed by atoms with E-state index in [0.717, 1.165) is 38.0 Å². The van der Waals surface area contributed by atoms with Gasteiger partial charge >= 0.3 is 0 Å². The number of alkyl halides is 2. The molecule has 2 aromatic carbocycles. The molecular formula is C30H30F2N6O. The third kappa shape index (κ3) is 5.82. The minimum atomic E-state index is -2.95. The minimum absolute atomic E-state index is 0.00548. The lowest BCUT2D eigenvalue weighted by atomic mass is 10.0. The number of carbonyl (C=O) groups excluding carboxylic acids is 1. The lowest BCUT2D eigenvalue weighted by Crippen LogP contribution is -2.45. The van der Waals surface area contributed by atoms with Gasteiger partial charge in [0.15, 0.2) is 0 Å². The number of fused-ring (bicyclic) bond motifs is 1. The van der Waals surface area contributed by atoms with Crippen LogP contribution in [0.3, 0.4) is 0 Å². The van der Waals surface area contributed by atoms with Gasteiger partial charge in [0.25, 0.3) is 11.8 Å². The SMILES string of the molecule is Cc1ccc(C(=O)Nc2ccc3c(c2)C(F)(F)CC3N2CCN(C)CC2)cc1C#Cc1cnc(/C=C\C=N)[nH]1. The number of amides is 1. The van der Waals surface area contributed by atoms with Crippen LogP contribution in [0.2, 0.25) is 0 Å². The molecule has 7 nitrogen and oxygen atoms in total. The molecule has 1 fully saturated rings. The van der Waals surface area contributed by atoms with Gasteiger partial charge in [-0.15, -0.1) is 0 Å². The molecule has 0 saturated carbocycles. The average molecular weight is 529 g/mol. The Hall–Kier alpha value is -4.13. The van der Waals surface area contributed by atoms with Crippen LogP contribution >= 0.6 is 0 Å². The molecule has 1 atom stereocenters. The molecule has 5 rings (SSSR count). The Morgan fingerprint density at radius 2 is 1.97 bits per heavy atom. The van der Waals surface area contributed by atoms with Crippen LogP contribution in [0.5, 0.6) is 0 Å². The molecule has 2 heterocycles. The van der Waals surface area contributed by atoms with Crippen LogP contribution < -0.4 is 5.32 Å². The predicted molar refractivity (Wildman–Crippen MR) is 148 cm³/mol. The van der Waals surface area contributed by atoms with E-state index in [1.165, 1.54) is 6.07 Å². The number of benzene rings is 2. The lowest BCUT2D eigenvalue weighted by molar-refractivity contribution is -0.0257. The summed E-state index contributed by atoms with van der Waals surface area (Å²) >= 11 is 0. The van der Waals surface area contributed by atoms with Crippen molar-refractivity contribution >= 4 is 23.9 Å². The number of allylic oxidation sites excluding steroid dienone is 1. The quantitative estimate of drug-likeness (QED) is 0.327. The number of halogens is 2. The average Bonchev–Trinajstić information content (AvgIpc) is 3.48. The normalized spacial score (nSPS) is 18.9. The van der Waals surface area contributed by atoms with E-state index in [0.29, 0.717) is 33.9 Å². The summed E-state index contributed by atoms with van der Waals surface area (Å²) in [5.74, 6) is 3.32. The standard InChI is InChI=1S/C30H30F2N6O/c1-20-5-6-22(16-21(20)7-8-24-19-34-28(35-24)4-3-11-33)29(39)36-23-9-10-25-26(17-23)30(31,32)18-27(25)38-14-12-37(2)13-15-38/h3-6,9-11,16-17,19,27,33H,12-15,18H2,1-2H3,(H,34,35)(H,36,39)/b4-3-,33-11?. The molecular weight excluding hydrogens is 498 g/mol. The van der Waals surface area contributed by atoms with Crippen molar-refractivity contribution < 1.29 is 13.6 Å². The van der Waals surface area contributed by atoms with Crippen molar-refractivity contribution in [2.75, 3.05) is 38.5 Å². The van der Waals surface area contributed by atoms with Gasteiger partial charge in [0, 0.05) is 67.2 Å². The van der Waals surface area contributed by atoms with E-state index >= 15 is 8.78 Å². The van der Waals surface area contributed by atoms with Gasteiger partial charge in [0.05, 0.1) is 6.20 Å². The molecule has 0 bridgehead atoms. The predicted octanol–water partition coefficient (Wildman–Crippen LogP) is 4.82. The zero-order valence-corrected chi connectivity index (χ0v) is 21.9. The number of piperazine rings is 1. The summed E-state index contributed by atoms with van der Waals surface area (Å²) in [6, 6.07) is 9.73. The van der Waals surface area contributed by atoms with E-state index < -0.39 is 11.8 Å². The fraction of sp³-hybridized carbons (Fsp3) is 0.300. The van der Waals surface area contributed by atoms with E-state index in [1.54, 1.807) is 42.6 Å². The number of aromatic nitrogens is 2. The number of hydrogen-bond donors (Lipinski definition) is 3. The third-order valence-corrected chi connectivity index (χ3v) is 7.27. The van der Waals surface area contributed by atoms with Crippen molar-refractivity contribution in [3.63, 3.8) is 0 Å². The van der Waals surface area contributed by atoms with Crippen molar-refractivity contribution in [3.05, 3.63) is 88.0 Å². The zero-order chi connectivity index (χ0) is 27.6. The number of anilines is 1. The summed E-state index contributed by atoms with van der Waals surface area (Å²) < 4.78 is 30.1. The summed E-state index contributed by atoms with van der Waals surface area (Å²) in [7, 11) is 2.04. The van der Waals surface area contributed by atoms with E-state index in [9.17, 15) is 4.79 Å². The molecule has 2 aliphatic rings. The molecule has 1 aromatic heterocycles. The van der Waals surface area contributed by atoms with Gasteiger partial charge in [-0.05, 0) is 67.4 Å². The van der Waals surface area contributed by atoms with Gasteiger partial charge in [0.2, 0.25) is 0 Å². The number of hydrogen-bond acceptors (Lipinski definition) is 5. The van der Waals surface area contributed by atoms with Gasteiger partial charge in [-0.2, -0.15) is 0 Å². The molecule has 3 aromatic rings. The summed E-state index contributed by atoms with van der Waals surface area (Å²) in [4.78, 5) is 24.6. The fourth-order valence-electron chi connectivity index (χ4n) is 5.02. The Morgan fingerprint density at radius 1 is 1.18 bits per heavy atom. The number of H-pyrrole nitrogens is 1. The van der Waals surface area contributed by atoms with Crippen LogP contribution in [0.15, 0.2) is 48.7 Å². The monoisotopic (exact) mass is 528 g/mol. The number of likely N-dealkylation sites (N-methyl/N-ethyl adjacent to an activating group) is 1. The summed E-state index contributed by atoms with van der Waals surface area (Å²) in [5.41, 5.74) is 3.53. The van der Waals surface area contributed by atoms with E-state index in [2.05, 4.69) is 36.9 Å². The van der Waals surface area contributed by atoms with Gasteiger partial charge in [-0.3, -0.25) is 9.69 Å². The Kier molecular flexibility index (Phi) is 7.42. The van der Waals surface area contributed by atoms with Crippen LogP contribution in [0.25, 0.3) is 6.08 Å². The third-order valence-electron chi connectivity index (χ3n) is 7.27. The number of nitrogens with zero attached hydrogens (tertiary/aromatic N) is 3. The van der Waals surface area contributed by atoms with Crippen molar-refractivity contribution in [2.24, 2.45) is 0 Å². The van der Waals surface area contributed by atoms with E-state index in [-0.39, 0.29) is 18.0 Å². The summed E-state index contributed by atoms with van der Waals surface area (Å²) in [6.45, 7) is 5.14. The van der Waals surface area contributed by atoms with E-state index in [4.69, 9.17) is 5.41 Å². The molecule has 1 aliphatic carbocycles. The number of aromatic amines is 1. The molecule has 0 radical (unpaired) electrons. The number of nitrogens with one attached hydrogen (secondary N) is 3. The van der Waals surface area contributed by atoms with Crippen LogP contribution in [0, 0.1) is 24.2 Å². The molecule has 39 heavy (non-hydrogen) atoms. The molecule has 1 amide bonds. The Labute approximate surface area is 226 Å². The van der Waals surface area contributed by atoms with E-state index in [1.807, 2.05) is 20.0 Å². The van der Waals surface area contributed by atoms with Crippen LogP contribution in [0.1, 0.15) is 56.6 Å². The van der Waals surface area contributed by atoms with Crippen LogP contribution in [-0.4, -0.2) is 65.1 Å². The maximum atomic E-state index is 15.1. The second-order valence-electron chi connectivity index (χ2n) is 10.0. The molecule has 1 aliphatic heterocycles. The Balaban J connectivity index is 1.32. The topological polar surface area (TPSA) is 88.1 Å². The number of carbonyl (C=O) groups is 1. The second kappa shape index (κ2) is 10.9. The molecule has 0 spiro atoms. The largest absolute Gasteiger partial charge is 0.332 e. The minimum Gasteiger partial charge on any atom is -0.332 e. The summed E-state index contributed by atoms with van der Waals surface area (Å²) in [5, 5.41) is 9.84. The van der Waals surface area contributed by atoms with Crippen molar-refractivity contribution in [2.45, 2.75) is 25.3 Å². The first-order chi connectivity index (χ1) is 18.7. The number of rotatable bonds is 5. The van der Waals surface area contributed by atoms with Crippen molar-refractivity contribution in [1.29, 1.82) is 5.41 Å². The maximum absolute atomic E-state index is 15.1. The zero-order valence-electron chi connectivity index (χ0n) is 21.9. The second-order valence-corrected chi connectivity index (χ2v) is 10.0. The van der Waals surface area contributed by atoms with Gasteiger partial charge in [-0.1, -0.05) is 18.1 Å². The molecule has 200 valence electrons. The first kappa shape index (κ1) is 26.5. The van der Waals surface area contributed by atoms with Crippen LogP contribution in [-0.2, 0) is 5.92 Å². The fourth-order valence-corrected chi connectivity index (χ4v) is 5.02. The lowest BCUT2D eigenvalue weighted by Gasteiger charge is -2.36. The van der Waals surface area contributed by atoms with Crippen molar-refractivity contribution in [1.82, 2.24) is 19.8 Å². The Morgan fingerprint density at radius 3 is 2.74 bits per heavy atom. The summed E-state index contributed by atoms with van der Waals surface area (Å²) in [6.07, 6.45) is 5.74. The number of imidazole rings is 1.